The van der Waals surface area contributed by atoms with Gasteiger partial charge in [-0.05, 0) is 50.6 Å². The standard InChI is InChI=1S/C20H27N3O2/c1-15(2)23-11-12-25-20(23,17-5-4-6-18(13-17)24-3)19-8-7-16(9-10-21)14-22-19/h4-8,13-15H,9-12,21H2,1-3H3. The lowest BCUT2D eigenvalue weighted by Gasteiger charge is -2.39. The molecule has 0 aliphatic carbocycles. The Morgan fingerprint density at radius 1 is 1.32 bits per heavy atom. The van der Waals surface area contributed by atoms with E-state index in [1.807, 2.05) is 24.4 Å². The second-order valence-corrected chi connectivity index (χ2v) is 6.60. The molecule has 0 radical (unpaired) electrons. The van der Waals surface area contributed by atoms with Gasteiger partial charge in [0.15, 0.2) is 5.72 Å². The van der Waals surface area contributed by atoms with Crippen molar-refractivity contribution < 1.29 is 9.47 Å². The van der Waals surface area contributed by atoms with Crippen LogP contribution in [0.15, 0.2) is 42.6 Å². The minimum absolute atomic E-state index is 0.319. The van der Waals surface area contributed by atoms with Crippen LogP contribution in [0, 0.1) is 0 Å². The summed E-state index contributed by atoms with van der Waals surface area (Å²) in [6.07, 6.45) is 2.73. The van der Waals surface area contributed by atoms with Gasteiger partial charge in [-0.25, -0.2) is 0 Å². The number of hydrogen-bond acceptors (Lipinski definition) is 5. The van der Waals surface area contributed by atoms with E-state index < -0.39 is 5.72 Å². The van der Waals surface area contributed by atoms with Crippen LogP contribution in [0.25, 0.3) is 0 Å². The van der Waals surface area contributed by atoms with Crippen molar-refractivity contribution in [2.75, 3.05) is 26.8 Å². The summed E-state index contributed by atoms with van der Waals surface area (Å²) in [5.41, 5.74) is 8.04. The number of methoxy groups -OCH3 is 1. The van der Waals surface area contributed by atoms with Gasteiger partial charge in [0.1, 0.15) is 5.75 Å². The molecule has 5 nitrogen and oxygen atoms in total. The zero-order valence-corrected chi connectivity index (χ0v) is 15.2. The van der Waals surface area contributed by atoms with Crippen molar-refractivity contribution in [2.45, 2.75) is 32.0 Å². The Hall–Kier alpha value is -1.95. The van der Waals surface area contributed by atoms with E-state index in [1.54, 1.807) is 7.11 Å². The molecule has 1 atom stereocenters. The van der Waals surface area contributed by atoms with Crippen LogP contribution in [0.5, 0.6) is 5.75 Å². The van der Waals surface area contributed by atoms with Crippen LogP contribution in [-0.2, 0) is 16.9 Å². The Kier molecular flexibility index (Phi) is 5.37. The van der Waals surface area contributed by atoms with Gasteiger partial charge in [0.2, 0.25) is 0 Å². The summed E-state index contributed by atoms with van der Waals surface area (Å²) in [5, 5.41) is 0. The van der Waals surface area contributed by atoms with Gasteiger partial charge in [-0.2, -0.15) is 0 Å². The maximum Gasteiger partial charge on any atom is 0.191 e. The number of nitrogens with zero attached hydrogens (tertiary/aromatic N) is 2. The van der Waals surface area contributed by atoms with E-state index in [9.17, 15) is 0 Å². The monoisotopic (exact) mass is 341 g/mol. The molecule has 2 N–H and O–H groups in total. The van der Waals surface area contributed by atoms with Crippen LogP contribution >= 0.6 is 0 Å². The van der Waals surface area contributed by atoms with Gasteiger partial charge < -0.3 is 15.2 Å². The molecule has 1 aromatic carbocycles. The number of pyridine rings is 1. The first kappa shape index (κ1) is 17.9. The van der Waals surface area contributed by atoms with E-state index in [4.69, 9.17) is 20.2 Å². The molecule has 2 aromatic rings. The fourth-order valence-corrected chi connectivity index (χ4v) is 3.55. The third kappa shape index (κ3) is 3.27. The molecule has 5 heteroatoms. The maximum absolute atomic E-state index is 6.37. The van der Waals surface area contributed by atoms with Crippen molar-refractivity contribution in [3.05, 3.63) is 59.4 Å². The van der Waals surface area contributed by atoms with Gasteiger partial charge in [-0.3, -0.25) is 9.88 Å². The van der Waals surface area contributed by atoms with Crippen molar-refractivity contribution in [2.24, 2.45) is 5.73 Å². The van der Waals surface area contributed by atoms with Gasteiger partial charge in [-0.1, -0.05) is 18.2 Å². The third-order valence-corrected chi connectivity index (χ3v) is 4.74. The fourth-order valence-electron chi connectivity index (χ4n) is 3.55. The van der Waals surface area contributed by atoms with Crippen LogP contribution in [-0.4, -0.2) is 42.7 Å². The molecule has 3 rings (SSSR count). The molecular formula is C20H27N3O2. The van der Waals surface area contributed by atoms with Crippen molar-refractivity contribution in [1.29, 1.82) is 0 Å². The van der Waals surface area contributed by atoms with Crippen LogP contribution in [0.3, 0.4) is 0 Å². The Morgan fingerprint density at radius 2 is 2.16 bits per heavy atom. The summed E-state index contributed by atoms with van der Waals surface area (Å²) in [6.45, 7) is 6.53. The summed E-state index contributed by atoms with van der Waals surface area (Å²) in [4.78, 5) is 7.11. The first-order valence-electron chi connectivity index (χ1n) is 8.82. The molecule has 0 spiro atoms. The lowest BCUT2D eigenvalue weighted by atomic mass is 9.95. The summed E-state index contributed by atoms with van der Waals surface area (Å²) in [6, 6.07) is 12.5. The van der Waals surface area contributed by atoms with Gasteiger partial charge >= 0.3 is 0 Å². The topological polar surface area (TPSA) is 60.6 Å². The zero-order chi connectivity index (χ0) is 17.9. The number of rotatable bonds is 6. The van der Waals surface area contributed by atoms with E-state index in [0.29, 0.717) is 19.2 Å². The average Bonchev–Trinajstić information content (AvgIpc) is 3.09. The van der Waals surface area contributed by atoms with Gasteiger partial charge in [0.05, 0.1) is 19.4 Å². The van der Waals surface area contributed by atoms with E-state index in [1.165, 1.54) is 0 Å². The SMILES string of the molecule is COc1cccc(C2(c3ccc(CCN)cn3)OCCN2C(C)C)c1. The Balaban J connectivity index is 2.12. The number of ether oxygens (including phenoxy) is 2. The van der Waals surface area contributed by atoms with Crippen LogP contribution < -0.4 is 10.5 Å². The molecule has 1 saturated heterocycles. The van der Waals surface area contributed by atoms with E-state index >= 15 is 0 Å². The Bertz CT molecular complexity index is 702. The first-order valence-corrected chi connectivity index (χ1v) is 8.82. The third-order valence-electron chi connectivity index (χ3n) is 4.74. The summed E-state index contributed by atoms with van der Waals surface area (Å²) < 4.78 is 11.8. The minimum Gasteiger partial charge on any atom is -0.497 e. The van der Waals surface area contributed by atoms with Crippen molar-refractivity contribution in [3.8, 4) is 5.75 Å². The Labute approximate surface area is 149 Å². The second-order valence-electron chi connectivity index (χ2n) is 6.60. The second kappa shape index (κ2) is 7.52. The normalized spacial score (nSPS) is 21.0. The lowest BCUT2D eigenvalue weighted by molar-refractivity contribution is -0.0683. The van der Waals surface area contributed by atoms with Crippen LogP contribution in [0.2, 0.25) is 0 Å². The molecule has 0 bridgehead atoms. The number of hydrogen-bond donors (Lipinski definition) is 1. The van der Waals surface area contributed by atoms with E-state index in [0.717, 1.165) is 35.5 Å². The molecule has 0 saturated carbocycles. The number of aromatic nitrogens is 1. The quantitative estimate of drug-likeness (QED) is 0.875. The largest absolute Gasteiger partial charge is 0.497 e. The first-order chi connectivity index (χ1) is 12.1. The smallest absolute Gasteiger partial charge is 0.191 e. The number of nitrogens with two attached hydrogens (primary N) is 1. The maximum atomic E-state index is 6.37. The summed E-state index contributed by atoms with van der Waals surface area (Å²) >= 11 is 0. The van der Waals surface area contributed by atoms with Gasteiger partial charge in [-0.15, -0.1) is 0 Å². The van der Waals surface area contributed by atoms with Gasteiger partial charge in [0.25, 0.3) is 0 Å². The summed E-state index contributed by atoms with van der Waals surface area (Å²) in [7, 11) is 1.68. The summed E-state index contributed by atoms with van der Waals surface area (Å²) in [5.74, 6) is 0.816. The van der Waals surface area contributed by atoms with Crippen LogP contribution in [0.4, 0.5) is 0 Å². The van der Waals surface area contributed by atoms with Gasteiger partial charge in [0, 0.05) is 24.3 Å². The number of benzene rings is 1. The molecular weight excluding hydrogens is 314 g/mol. The fraction of sp³-hybridized carbons (Fsp3) is 0.450. The van der Waals surface area contributed by atoms with E-state index in [-0.39, 0.29) is 0 Å². The molecule has 134 valence electrons. The molecule has 1 aliphatic rings. The molecule has 25 heavy (non-hydrogen) atoms. The van der Waals surface area contributed by atoms with Crippen LogP contribution in [0.1, 0.15) is 30.7 Å². The lowest BCUT2D eigenvalue weighted by Crippen LogP contribution is -2.47. The van der Waals surface area contributed by atoms with Crippen molar-refractivity contribution >= 4 is 0 Å². The predicted octanol–water partition coefficient (Wildman–Crippen LogP) is 2.53. The molecule has 1 fully saturated rings. The highest BCUT2D eigenvalue weighted by Gasteiger charge is 2.48. The molecule has 1 aromatic heterocycles. The minimum atomic E-state index is -0.691. The zero-order valence-electron chi connectivity index (χ0n) is 15.2. The molecule has 1 aliphatic heterocycles. The molecule has 2 heterocycles. The molecule has 0 amide bonds. The predicted molar refractivity (Wildman–Crippen MR) is 98.6 cm³/mol. The highest BCUT2D eigenvalue weighted by atomic mass is 16.5. The van der Waals surface area contributed by atoms with E-state index in [2.05, 4.69) is 36.9 Å². The highest BCUT2D eigenvalue weighted by molar-refractivity contribution is 5.39. The molecule has 1 unspecified atom stereocenters. The van der Waals surface area contributed by atoms with Crippen molar-refractivity contribution in [1.82, 2.24) is 9.88 Å². The van der Waals surface area contributed by atoms with Crippen molar-refractivity contribution in [3.63, 3.8) is 0 Å². The Morgan fingerprint density at radius 3 is 2.80 bits per heavy atom. The average molecular weight is 341 g/mol. The highest BCUT2D eigenvalue weighted by Crippen LogP contribution is 2.42.